The number of hydrogen-bond acceptors (Lipinski definition) is 4. The molecule has 0 radical (unpaired) electrons. The Balaban J connectivity index is 1.35. The van der Waals surface area contributed by atoms with Gasteiger partial charge in [-0.1, -0.05) is 24.3 Å². The molecule has 1 fully saturated rings. The average molecular weight is 421 g/mol. The Morgan fingerprint density at radius 1 is 1.03 bits per heavy atom. The minimum atomic E-state index is -0.0534. The van der Waals surface area contributed by atoms with Gasteiger partial charge in [-0.2, -0.15) is 16.9 Å². The van der Waals surface area contributed by atoms with E-state index < -0.39 is 0 Å². The predicted molar refractivity (Wildman–Crippen MR) is 124 cm³/mol. The van der Waals surface area contributed by atoms with Crippen LogP contribution in [0.2, 0.25) is 0 Å². The summed E-state index contributed by atoms with van der Waals surface area (Å²) in [5.41, 5.74) is 6.24. The lowest BCUT2D eigenvalue weighted by Gasteiger charge is -2.28. The molecule has 2 aromatic carbocycles. The van der Waals surface area contributed by atoms with Crippen LogP contribution in [0.3, 0.4) is 0 Å². The number of thioether (sulfide) groups is 1. The van der Waals surface area contributed by atoms with Gasteiger partial charge in [0.15, 0.2) is 0 Å². The van der Waals surface area contributed by atoms with Crippen LogP contribution in [-0.2, 0) is 13.1 Å². The van der Waals surface area contributed by atoms with Gasteiger partial charge in [-0.05, 0) is 55.3 Å². The minimum absolute atomic E-state index is 0.0534. The second-order valence-electron chi connectivity index (χ2n) is 7.73. The average Bonchev–Trinajstić information content (AvgIpc) is 3.09. The van der Waals surface area contributed by atoms with Crippen LogP contribution >= 0.6 is 11.8 Å². The van der Waals surface area contributed by atoms with Crippen molar-refractivity contribution in [2.24, 2.45) is 0 Å². The van der Waals surface area contributed by atoms with Crippen LogP contribution in [-0.4, -0.2) is 40.3 Å². The number of benzene rings is 2. The summed E-state index contributed by atoms with van der Waals surface area (Å²) in [6, 6.07) is 18.4. The van der Waals surface area contributed by atoms with Crippen LogP contribution in [0, 0.1) is 13.8 Å². The molecular formula is C24H28N4OS. The summed E-state index contributed by atoms with van der Waals surface area (Å²) < 4.78 is 1.97. The Kier molecular flexibility index (Phi) is 6.43. The number of hydrogen-bond donors (Lipinski definition) is 1. The molecule has 1 aliphatic rings. The van der Waals surface area contributed by atoms with E-state index >= 15 is 0 Å². The summed E-state index contributed by atoms with van der Waals surface area (Å²) in [6.45, 7) is 7.44. The number of amides is 1. The molecule has 4 rings (SSSR count). The van der Waals surface area contributed by atoms with Gasteiger partial charge in [-0.25, -0.2) is 0 Å². The third-order valence-corrected chi connectivity index (χ3v) is 6.33. The van der Waals surface area contributed by atoms with Gasteiger partial charge in [-0.3, -0.25) is 9.48 Å². The quantitative estimate of drug-likeness (QED) is 0.654. The van der Waals surface area contributed by atoms with Crippen molar-refractivity contribution < 1.29 is 4.79 Å². The van der Waals surface area contributed by atoms with E-state index in [4.69, 9.17) is 0 Å². The van der Waals surface area contributed by atoms with Crippen molar-refractivity contribution in [1.82, 2.24) is 15.1 Å². The van der Waals surface area contributed by atoms with Crippen LogP contribution in [0.15, 0.2) is 54.6 Å². The number of carbonyl (C=O) groups excluding carboxylic acids is 1. The van der Waals surface area contributed by atoms with E-state index in [0.717, 1.165) is 35.6 Å². The fraction of sp³-hybridized carbons (Fsp3) is 0.333. The van der Waals surface area contributed by atoms with Gasteiger partial charge in [0.2, 0.25) is 0 Å². The Labute approximate surface area is 182 Å². The zero-order chi connectivity index (χ0) is 20.9. The lowest BCUT2D eigenvalue weighted by molar-refractivity contribution is 0.0951. The van der Waals surface area contributed by atoms with Gasteiger partial charge in [0.1, 0.15) is 0 Å². The lowest BCUT2D eigenvalue weighted by Crippen LogP contribution is -2.32. The zero-order valence-electron chi connectivity index (χ0n) is 17.6. The molecule has 1 saturated heterocycles. The molecule has 5 nitrogen and oxygen atoms in total. The van der Waals surface area contributed by atoms with Crippen molar-refractivity contribution in [3.63, 3.8) is 0 Å². The van der Waals surface area contributed by atoms with Crippen molar-refractivity contribution >= 4 is 23.4 Å². The molecule has 0 unspecified atom stereocenters. The Bertz CT molecular complexity index is 1010. The topological polar surface area (TPSA) is 50.2 Å². The zero-order valence-corrected chi connectivity index (χ0v) is 18.4. The summed E-state index contributed by atoms with van der Waals surface area (Å²) in [5, 5.41) is 7.55. The van der Waals surface area contributed by atoms with Crippen molar-refractivity contribution in [1.29, 1.82) is 0 Å². The maximum Gasteiger partial charge on any atom is 0.251 e. The Morgan fingerprint density at radius 3 is 2.50 bits per heavy atom. The van der Waals surface area contributed by atoms with E-state index in [0.29, 0.717) is 18.7 Å². The number of aryl methyl sites for hydroxylation is 2. The summed E-state index contributed by atoms with van der Waals surface area (Å²) in [5.74, 6) is 2.33. The smallest absolute Gasteiger partial charge is 0.251 e. The van der Waals surface area contributed by atoms with Crippen LogP contribution in [0.5, 0.6) is 0 Å². The number of aromatic nitrogens is 2. The van der Waals surface area contributed by atoms with Gasteiger partial charge in [0, 0.05) is 48.1 Å². The van der Waals surface area contributed by atoms with Crippen molar-refractivity contribution in [3.8, 4) is 0 Å². The first kappa shape index (κ1) is 20.5. The first-order valence-corrected chi connectivity index (χ1v) is 11.5. The van der Waals surface area contributed by atoms with E-state index in [1.54, 1.807) is 0 Å². The molecule has 1 N–H and O–H groups in total. The molecule has 6 heteroatoms. The molecule has 2 heterocycles. The minimum Gasteiger partial charge on any atom is -0.370 e. The maximum atomic E-state index is 12.7. The SMILES string of the molecule is Cc1cc(C)n(Cc2cccc(C(=O)NCc3ccc(N4CCSCC4)cc3)c2)n1. The van der Waals surface area contributed by atoms with E-state index in [9.17, 15) is 4.79 Å². The number of carbonyl (C=O) groups is 1. The highest BCUT2D eigenvalue weighted by Gasteiger charge is 2.11. The number of nitrogens with one attached hydrogen (secondary N) is 1. The summed E-state index contributed by atoms with van der Waals surface area (Å²) in [6.07, 6.45) is 0. The van der Waals surface area contributed by atoms with E-state index in [-0.39, 0.29) is 5.91 Å². The first-order valence-electron chi connectivity index (χ1n) is 10.4. The first-order chi connectivity index (χ1) is 14.6. The van der Waals surface area contributed by atoms with Gasteiger partial charge >= 0.3 is 0 Å². The van der Waals surface area contributed by atoms with E-state index in [2.05, 4.69) is 45.6 Å². The third kappa shape index (κ3) is 5.05. The molecule has 0 aliphatic carbocycles. The second kappa shape index (κ2) is 9.39. The summed E-state index contributed by atoms with van der Waals surface area (Å²) in [7, 11) is 0. The number of anilines is 1. The molecule has 1 amide bonds. The largest absolute Gasteiger partial charge is 0.370 e. The molecular weight excluding hydrogens is 392 g/mol. The molecule has 0 saturated carbocycles. The highest BCUT2D eigenvalue weighted by atomic mass is 32.2. The third-order valence-electron chi connectivity index (χ3n) is 5.39. The van der Waals surface area contributed by atoms with Crippen LogP contribution in [0.4, 0.5) is 5.69 Å². The Morgan fingerprint density at radius 2 is 1.80 bits per heavy atom. The van der Waals surface area contributed by atoms with Crippen LogP contribution < -0.4 is 10.2 Å². The normalized spacial score (nSPS) is 14.0. The second-order valence-corrected chi connectivity index (χ2v) is 8.96. The monoisotopic (exact) mass is 420 g/mol. The molecule has 1 aromatic heterocycles. The highest BCUT2D eigenvalue weighted by molar-refractivity contribution is 7.99. The van der Waals surface area contributed by atoms with Gasteiger partial charge in [-0.15, -0.1) is 0 Å². The molecule has 156 valence electrons. The van der Waals surface area contributed by atoms with Crippen molar-refractivity contribution in [2.75, 3.05) is 29.5 Å². The fourth-order valence-corrected chi connectivity index (χ4v) is 4.65. The molecule has 0 atom stereocenters. The number of nitrogens with zero attached hydrogens (tertiary/aromatic N) is 3. The molecule has 1 aliphatic heterocycles. The predicted octanol–water partition coefficient (Wildman–Crippen LogP) is 4.03. The van der Waals surface area contributed by atoms with Crippen molar-refractivity contribution in [3.05, 3.63) is 82.7 Å². The molecule has 0 bridgehead atoms. The molecule has 30 heavy (non-hydrogen) atoms. The summed E-state index contributed by atoms with van der Waals surface area (Å²) >= 11 is 2.01. The van der Waals surface area contributed by atoms with E-state index in [1.807, 2.05) is 54.6 Å². The van der Waals surface area contributed by atoms with Crippen molar-refractivity contribution in [2.45, 2.75) is 26.9 Å². The Hall–Kier alpha value is -2.73. The fourth-order valence-electron chi connectivity index (χ4n) is 3.75. The molecule has 0 spiro atoms. The van der Waals surface area contributed by atoms with Gasteiger partial charge < -0.3 is 10.2 Å². The molecule has 3 aromatic rings. The lowest BCUT2D eigenvalue weighted by atomic mass is 10.1. The summed E-state index contributed by atoms with van der Waals surface area (Å²) in [4.78, 5) is 15.1. The highest BCUT2D eigenvalue weighted by Crippen LogP contribution is 2.20. The van der Waals surface area contributed by atoms with Gasteiger partial charge in [0.25, 0.3) is 5.91 Å². The van der Waals surface area contributed by atoms with Crippen LogP contribution in [0.1, 0.15) is 32.9 Å². The standard InChI is InChI=1S/C24H28N4OS/c1-18-14-19(2)28(26-18)17-21-4-3-5-22(15-21)24(29)25-16-20-6-8-23(9-7-20)27-10-12-30-13-11-27/h3-9,14-15H,10-13,16-17H2,1-2H3,(H,25,29). The number of rotatable bonds is 6. The van der Waals surface area contributed by atoms with Gasteiger partial charge in [0.05, 0.1) is 12.2 Å². The van der Waals surface area contributed by atoms with E-state index in [1.165, 1.54) is 17.2 Å². The maximum absolute atomic E-state index is 12.7. The van der Waals surface area contributed by atoms with Crippen LogP contribution in [0.25, 0.3) is 0 Å².